The van der Waals surface area contributed by atoms with Crippen LogP contribution < -0.4 is 0 Å². The number of nitrogens with zero attached hydrogens (tertiary/aromatic N) is 1. The van der Waals surface area contributed by atoms with Gasteiger partial charge in [-0.1, -0.05) is 91.8 Å². The van der Waals surface area contributed by atoms with Gasteiger partial charge in [-0.05, 0) is 65.5 Å². The predicted octanol–water partition coefficient (Wildman–Crippen LogP) is 8.97. The Bertz CT molecular complexity index is 874. The minimum atomic E-state index is -0.147. The van der Waals surface area contributed by atoms with Crippen LogP contribution in [0.5, 0.6) is 0 Å². The quantitative estimate of drug-likeness (QED) is 0.443. The Hall–Kier alpha value is -2.42. The van der Waals surface area contributed by atoms with Gasteiger partial charge in [-0.2, -0.15) is 5.10 Å². The molecule has 0 amide bonds. The average molecular weight is 427 g/mol. The van der Waals surface area contributed by atoms with Crippen LogP contribution in [0.2, 0.25) is 0 Å². The molecule has 2 aromatic carbocycles. The third kappa shape index (κ3) is 9.95. The summed E-state index contributed by atoms with van der Waals surface area (Å²) in [5, 5.41) is 6.99. The summed E-state index contributed by atoms with van der Waals surface area (Å²) in [6.07, 6.45) is 0. The first-order valence-electron chi connectivity index (χ1n) is 11.4. The van der Waals surface area contributed by atoms with Crippen molar-refractivity contribution in [2.75, 3.05) is 0 Å². The summed E-state index contributed by atoms with van der Waals surface area (Å²) in [6.45, 7) is 19.3. The van der Waals surface area contributed by atoms with Gasteiger partial charge in [-0.25, -0.2) is 4.39 Å². The van der Waals surface area contributed by atoms with Crippen LogP contribution in [0.4, 0.5) is 4.39 Å². The Morgan fingerprint density at radius 2 is 1.13 bits per heavy atom. The Balaban J connectivity index is 0.000000448. The molecule has 0 radical (unpaired) electrons. The fourth-order valence-corrected chi connectivity index (χ4v) is 2.88. The van der Waals surface area contributed by atoms with E-state index in [0.717, 1.165) is 17.0 Å². The molecule has 2 nitrogen and oxygen atoms in total. The smallest absolute Gasteiger partial charge is 0.123 e. The van der Waals surface area contributed by atoms with E-state index in [1.165, 1.54) is 17.2 Å². The number of aromatic nitrogens is 2. The molecule has 0 fully saturated rings. The normalized spacial score (nSPS) is 10.8. The van der Waals surface area contributed by atoms with E-state index in [9.17, 15) is 4.39 Å². The molecule has 3 heteroatoms. The minimum Gasteiger partial charge on any atom is -0.283 e. The molecule has 0 aliphatic rings. The van der Waals surface area contributed by atoms with Gasteiger partial charge in [-0.15, -0.1) is 0 Å². The molecule has 1 N–H and O–H groups in total. The predicted molar refractivity (Wildman–Crippen MR) is 135 cm³/mol. The lowest BCUT2D eigenvalue weighted by Crippen LogP contribution is -1.91. The van der Waals surface area contributed by atoms with Gasteiger partial charge in [0.25, 0.3) is 0 Å². The fourth-order valence-electron chi connectivity index (χ4n) is 2.88. The summed E-state index contributed by atoms with van der Waals surface area (Å²) in [6, 6.07) is 17.7. The Kier molecular flexibility index (Phi) is 11.2. The standard InChI is InChI=1S/C12H18.C9H11F.C7H12N2.H2/c1-9(2)11-6-5-7-12(8-11)10(3)4;1-7(2)8-4-3-5-9(10)6-8;1-5(2)7-4-6(3)8-9-7;/h5-10H,1-4H3;3-7H,1-2H3;4-5H,1-3H3,(H,8,9);1H. The Labute approximate surface area is 190 Å². The van der Waals surface area contributed by atoms with Crippen molar-refractivity contribution in [2.45, 2.75) is 86.0 Å². The van der Waals surface area contributed by atoms with Crippen LogP contribution in [0.3, 0.4) is 0 Å². The maximum absolute atomic E-state index is 12.5. The molecule has 0 aliphatic carbocycles. The number of nitrogens with one attached hydrogen (secondary N) is 1. The topological polar surface area (TPSA) is 28.7 Å². The van der Waals surface area contributed by atoms with Crippen LogP contribution >= 0.6 is 0 Å². The van der Waals surface area contributed by atoms with E-state index < -0.39 is 0 Å². The Morgan fingerprint density at radius 1 is 0.677 bits per heavy atom. The van der Waals surface area contributed by atoms with Gasteiger partial charge in [0.1, 0.15) is 5.82 Å². The molecular formula is C28H43FN2. The summed E-state index contributed by atoms with van der Waals surface area (Å²) in [5.41, 5.74) is 6.23. The molecule has 31 heavy (non-hydrogen) atoms. The van der Waals surface area contributed by atoms with Gasteiger partial charge in [0.05, 0.1) is 5.69 Å². The maximum atomic E-state index is 12.5. The van der Waals surface area contributed by atoms with Crippen LogP contribution in [0.15, 0.2) is 54.6 Å². The zero-order valence-electron chi connectivity index (χ0n) is 20.8. The fraction of sp³-hybridized carbons (Fsp3) is 0.464. The van der Waals surface area contributed by atoms with Crippen molar-refractivity contribution in [3.05, 3.63) is 88.5 Å². The van der Waals surface area contributed by atoms with Crippen molar-refractivity contribution < 1.29 is 5.82 Å². The second-order valence-corrected chi connectivity index (χ2v) is 9.32. The van der Waals surface area contributed by atoms with Crippen molar-refractivity contribution >= 4 is 0 Å². The lowest BCUT2D eigenvalue weighted by molar-refractivity contribution is 0.623. The second-order valence-electron chi connectivity index (χ2n) is 9.32. The van der Waals surface area contributed by atoms with E-state index in [-0.39, 0.29) is 7.24 Å². The molecule has 3 rings (SSSR count). The molecule has 0 saturated carbocycles. The lowest BCUT2D eigenvalue weighted by Gasteiger charge is -2.09. The van der Waals surface area contributed by atoms with Crippen molar-refractivity contribution in [1.82, 2.24) is 10.2 Å². The molecule has 3 aromatic rings. The number of hydrogen-bond donors (Lipinski definition) is 1. The highest BCUT2D eigenvalue weighted by Gasteiger charge is 2.02. The van der Waals surface area contributed by atoms with Crippen LogP contribution in [0.25, 0.3) is 0 Å². The van der Waals surface area contributed by atoms with Crippen molar-refractivity contribution in [3.8, 4) is 0 Å². The zero-order valence-corrected chi connectivity index (χ0v) is 20.8. The summed E-state index contributed by atoms with van der Waals surface area (Å²) in [5.74, 6) is 2.09. The van der Waals surface area contributed by atoms with E-state index >= 15 is 0 Å². The van der Waals surface area contributed by atoms with Gasteiger partial charge in [0.2, 0.25) is 0 Å². The first-order chi connectivity index (χ1) is 14.5. The van der Waals surface area contributed by atoms with Crippen LogP contribution in [-0.2, 0) is 0 Å². The van der Waals surface area contributed by atoms with Crippen LogP contribution in [0, 0.1) is 12.7 Å². The largest absolute Gasteiger partial charge is 0.283 e. The molecule has 0 spiro atoms. The molecular weight excluding hydrogens is 383 g/mol. The molecule has 1 aromatic heterocycles. The molecule has 0 unspecified atom stereocenters. The average Bonchev–Trinajstić information content (AvgIpc) is 3.16. The zero-order chi connectivity index (χ0) is 23.6. The monoisotopic (exact) mass is 426 g/mol. The first-order valence-corrected chi connectivity index (χ1v) is 11.4. The number of benzene rings is 2. The third-order valence-corrected chi connectivity index (χ3v) is 5.08. The Morgan fingerprint density at radius 3 is 1.42 bits per heavy atom. The highest BCUT2D eigenvalue weighted by Crippen LogP contribution is 2.20. The van der Waals surface area contributed by atoms with Gasteiger partial charge >= 0.3 is 0 Å². The van der Waals surface area contributed by atoms with Crippen molar-refractivity contribution in [2.24, 2.45) is 0 Å². The van der Waals surface area contributed by atoms with Crippen molar-refractivity contribution in [3.63, 3.8) is 0 Å². The number of hydrogen-bond acceptors (Lipinski definition) is 1. The molecule has 0 atom stereocenters. The van der Waals surface area contributed by atoms with Crippen molar-refractivity contribution in [1.29, 1.82) is 0 Å². The minimum absolute atomic E-state index is 0. The summed E-state index contributed by atoms with van der Waals surface area (Å²) in [4.78, 5) is 0. The number of H-pyrrole nitrogens is 1. The second kappa shape index (κ2) is 13.1. The number of aryl methyl sites for hydroxylation is 1. The number of aromatic amines is 1. The van der Waals surface area contributed by atoms with Gasteiger partial charge < -0.3 is 0 Å². The molecule has 0 saturated heterocycles. The third-order valence-electron chi connectivity index (χ3n) is 5.08. The molecule has 172 valence electrons. The molecule has 1 heterocycles. The van der Waals surface area contributed by atoms with Crippen LogP contribution in [0.1, 0.15) is 109 Å². The number of rotatable bonds is 4. The molecule has 0 bridgehead atoms. The highest BCUT2D eigenvalue weighted by molar-refractivity contribution is 5.27. The highest BCUT2D eigenvalue weighted by atomic mass is 19.1. The summed E-state index contributed by atoms with van der Waals surface area (Å²) in [7, 11) is 0. The first kappa shape index (κ1) is 26.6. The van der Waals surface area contributed by atoms with Gasteiger partial charge in [-0.3, -0.25) is 5.10 Å². The van der Waals surface area contributed by atoms with E-state index in [0.29, 0.717) is 23.7 Å². The maximum Gasteiger partial charge on any atom is 0.123 e. The van der Waals surface area contributed by atoms with E-state index in [1.54, 1.807) is 12.1 Å². The number of halogens is 1. The molecule has 0 aliphatic heterocycles. The van der Waals surface area contributed by atoms with E-state index in [2.05, 4.69) is 95.9 Å². The summed E-state index contributed by atoms with van der Waals surface area (Å²) >= 11 is 0. The van der Waals surface area contributed by atoms with E-state index in [1.807, 2.05) is 13.0 Å². The van der Waals surface area contributed by atoms with Crippen LogP contribution in [-0.4, -0.2) is 10.2 Å². The lowest BCUT2D eigenvalue weighted by atomic mass is 9.96. The SMILES string of the molecule is CC(C)c1cccc(C(C)C)c1.CC(C)c1cccc(F)c1.Cc1cc(C(C)C)n[nH]1.[HH]. The summed E-state index contributed by atoms with van der Waals surface area (Å²) < 4.78 is 12.5. The van der Waals surface area contributed by atoms with Gasteiger partial charge in [0, 0.05) is 7.12 Å². The van der Waals surface area contributed by atoms with E-state index in [4.69, 9.17) is 0 Å². The van der Waals surface area contributed by atoms with Gasteiger partial charge in [0.15, 0.2) is 0 Å².